The molecule has 2 unspecified atom stereocenters. The molecular weight excluding hydrogens is 324 g/mol. The predicted octanol–water partition coefficient (Wildman–Crippen LogP) is 4.22. The zero-order valence-electron chi connectivity index (χ0n) is 11.4. The molecule has 0 saturated carbocycles. The number of halogens is 2. The van der Waals surface area contributed by atoms with Gasteiger partial charge in [-0.2, -0.15) is 0 Å². The van der Waals surface area contributed by atoms with E-state index in [1.54, 1.807) is 0 Å². The van der Waals surface area contributed by atoms with Crippen LogP contribution in [-0.4, -0.2) is 24.5 Å². The molecule has 0 bridgehead atoms. The molecule has 0 aliphatic carbocycles. The molecular formula is C15H22BrClN2. The summed E-state index contributed by atoms with van der Waals surface area (Å²) in [6.07, 6.45) is 3.72. The first-order valence-corrected chi connectivity index (χ1v) is 8.23. The molecule has 106 valence electrons. The Morgan fingerprint density at radius 2 is 2.21 bits per heavy atom. The lowest BCUT2D eigenvalue weighted by Gasteiger charge is -2.34. The third-order valence-electron chi connectivity index (χ3n) is 4.10. The number of hydrogen-bond donors (Lipinski definition) is 1. The summed E-state index contributed by atoms with van der Waals surface area (Å²) in [5.41, 5.74) is 7.24. The van der Waals surface area contributed by atoms with Gasteiger partial charge in [-0.15, -0.1) is 0 Å². The Hall–Kier alpha value is -0.0900. The normalized spacial score (nSPS) is 25.3. The van der Waals surface area contributed by atoms with Crippen molar-refractivity contribution in [2.75, 3.05) is 19.6 Å². The van der Waals surface area contributed by atoms with E-state index in [1.807, 2.05) is 6.07 Å². The van der Waals surface area contributed by atoms with Gasteiger partial charge >= 0.3 is 0 Å². The maximum Gasteiger partial charge on any atom is 0.0465 e. The average Bonchev–Trinajstić information content (AvgIpc) is 2.60. The SMILES string of the molecule is CCN1CCCCC(CN)C1c1ccc(Br)cc1Cl. The Labute approximate surface area is 129 Å². The summed E-state index contributed by atoms with van der Waals surface area (Å²) in [7, 11) is 0. The van der Waals surface area contributed by atoms with Gasteiger partial charge in [0.2, 0.25) is 0 Å². The van der Waals surface area contributed by atoms with Crippen LogP contribution >= 0.6 is 27.5 Å². The van der Waals surface area contributed by atoms with Gasteiger partial charge in [-0.05, 0) is 56.1 Å². The summed E-state index contributed by atoms with van der Waals surface area (Å²) in [5, 5.41) is 0.846. The van der Waals surface area contributed by atoms with Crippen LogP contribution in [0.1, 0.15) is 37.8 Å². The molecule has 1 aliphatic rings. The van der Waals surface area contributed by atoms with E-state index >= 15 is 0 Å². The molecule has 1 aromatic carbocycles. The van der Waals surface area contributed by atoms with Gasteiger partial charge in [0.05, 0.1) is 0 Å². The molecule has 1 aromatic rings. The fraction of sp³-hybridized carbons (Fsp3) is 0.600. The smallest absolute Gasteiger partial charge is 0.0465 e. The predicted molar refractivity (Wildman–Crippen MR) is 85.5 cm³/mol. The van der Waals surface area contributed by atoms with Crippen molar-refractivity contribution in [3.05, 3.63) is 33.3 Å². The largest absolute Gasteiger partial charge is 0.330 e. The van der Waals surface area contributed by atoms with Crippen molar-refractivity contribution in [2.45, 2.75) is 32.2 Å². The Kier molecular flexibility index (Phi) is 5.70. The van der Waals surface area contributed by atoms with E-state index < -0.39 is 0 Å². The van der Waals surface area contributed by atoms with Gasteiger partial charge in [0, 0.05) is 15.5 Å². The minimum absolute atomic E-state index is 0.359. The van der Waals surface area contributed by atoms with Gasteiger partial charge in [-0.1, -0.05) is 46.9 Å². The van der Waals surface area contributed by atoms with Crippen LogP contribution in [0.3, 0.4) is 0 Å². The van der Waals surface area contributed by atoms with Crippen LogP contribution < -0.4 is 5.73 Å². The van der Waals surface area contributed by atoms with Crippen molar-refractivity contribution in [3.8, 4) is 0 Å². The standard InChI is InChI=1S/C15H22BrClN2/c1-2-19-8-4-3-5-11(10-18)15(19)13-7-6-12(16)9-14(13)17/h6-7,9,11,15H,2-5,8,10,18H2,1H3. The Balaban J connectivity index is 2.39. The minimum Gasteiger partial charge on any atom is -0.330 e. The number of likely N-dealkylation sites (tertiary alicyclic amines) is 1. The highest BCUT2D eigenvalue weighted by Gasteiger charge is 2.30. The molecule has 0 radical (unpaired) electrons. The zero-order valence-corrected chi connectivity index (χ0v) is 13.8. The van der Waals surface area contributed by atoms with Crippen LogP contribution in [0.15, 0.2) is 22.7 Å². The van der Waals surface area contributed by atoms with Crippen LogP contribution in [0.25, 0.3) is 0 Å². The van der Waals surface area contributed by atoms with Crippen LogP contribution in [0.4, 0.5) is 0 Å². The van der Waals surface area contributed by atoms with Crippen molar-refractivity contribution >= 4 is 27.5 Å². The highest BCUT2D eigenvalue weighted by atomic mass is 79.9. The lowest BCUT2D eigenvalue weighted by atomic mass is 9.89. The maximum absolute atomic E-state index is 6.46. The molecule has 0 spiro atoms. The lowest BCUT2D eigenvalue weighted by molar-refractivity contribution is 0.166. The molecule has 1 heterocycles. The number of nitrogens with zero attached hydrogens (tertiary/aromatic N) is 1. The molecule has 19 heavy (non-hydrogen) atoms. The van der Waals surface area contributed by atoms with Gasteiger partial charge in [0.1, 0.15) is 0 Å². The van der Waals surface area contributed by atoms with Gasteiger partial charge < -0.3 is 5.73 Å². The Bertz CT molecular complexity index is 411. The molecule has 1 saturated heterocycles. The van der Waals surface area contributed by atoms with Crippen LogP contribution in [0, 0.1) is 5.92 Å². The first-order chi connectivity index (χ1) is 9.17. The monoisotopic (exact) mass is 344 g/mol. The second kappa shape index (κ2) is 7.07. The molecule has 1 aliphatic heterocycles. The van der Waals surface area contributed by atoms with Crippen molar-refractivity contribution < 1.29 is 0 Å². The van der Waals surface area contributed by atoms with Gasteiger partial charge in [-0.25, -0.2) is 0 Å². The average molecular weight is 346 g/mol. The van der Waals surface area contributed by atoms with E-state index in [0.717, 1.165) is 29.1 Å². The molecule has 4 heteroatoms. The van der Waals surface area contributed by atoms with Gasteiger partial charge in [0.15, 0.2) is 0 Å². The summed E-state index contributed by atoms with van der Waals surface area (Å²) in [4.78, 5) is 2.53. The van der Waals surface area contributed by atoms with Crippen LogP contribution in [0.2, 0.25) is 5.02 Å². The van der Waals surface area contributed by atoms with E-state index in [2.05, 4.69) is 39.9 Å². The molecule has 2 atom stereocenters. The first-order valence-electron chi connectivity index (χ1n) is 7.06. The second-order valence-corrected chi connectivity index (χ2v) is 6.55. The van der Waals surface area contributed by atoms with Gasteiger partial charge in [-0.3, -0.25) is 4.90 Å². The molecule has 2 nitrogen and oxygen atoms in total. The number of rotatable bonds is 3. The van der Waals surface area contributed by atoms with E-state index in [-0.39, 0.29) is 0 Å². The summed E-state index contributed by atoms with van der Waals surface area (Å²) in [5.74, 6) is 0.501. The number of benzene rings is 1. The quantitative estimate of drug-likeness (QED) is 0.888. The highest BCUT2D eigenvalue weighted by molar-refractivity contribution is 9.10. The molecule has 0 aromatic heterocycles. The number of hydrogen-bond acceptors (Lipinski definition) is 2. The molecule has 2 rings (SSSR count). The molecule has 0 amide bonds. The summed E-state index contributed by atoms with van der Waals surface area (Å²) < 4.78 is 1.03. The van der Waals surface area contributed by atoms with Crippen LogP contribution in [-0.2, 0) is 0 Å². The summed E-state index contributed by atoms with van der Waals surface area (Å²) in [6, 6.07) is 6.57. The van der Waals surface area contributed by atoms with Crippen molar-refractivity contribution in [1.29, 1.82) is 0 Å². The molecule has 1 fully saturated rings. The third kappa shape index (κ3) is 3.52. The van der Waals surface area contributed by atoms with E-state index in [9.17, 15) is 0 Å². The van der Waals surface area contributed by atoms with E-state index in [4.69, 9.17) is 17.3 Å². The number of nitrogens with two attached hydrogens (primary N) is 1. The zero-order chi connectivity index (χ0) is 13.8. The highest BCUT2D eigenvalue weighted by Crippen LogP contribution is 2.38. The van der Waals surface area contributed by atoms with E-state index in [1.165, 1.54) is 24.8 Å². The fourth-order valence-corrected chi connectivity index (χ4v) is 3.90. The van der Waals surface area contributed by atoms with E-state index in [0.29, 0.717) is 12.0 Å². The van der Waals surface area contributed by atoms with Crippen LogP contribution in [0.5, 0.6) is 0 Å². The second-order valence-electron chi connectivity index (χ2n) is 5.23. The van der Waals surface area contributed by atoms with Gasteiger partial charge in [0.25, 0.3) is 0 Å². The topological polar surface area (TPSA) is 29.3 Å². The summed E-state index contributed by atoms with van der Waals surface area (Å²) >= 11 is 9.94. The fourth-order valence-electron chi connectivity index (χ4n) is 3.11. The van der Waals surface area contributed by atoms with Crippen molar-refractivity contribution in [3.63, 3.8) is 0 Å². The minimum atomic E-state index is 0.359. The Morgan fingerprint density at radius 3 is 2.84 bits per heavy atom. The van der Waals surface area contributed by atoms with Crippen molar-refractivity contribution in [1.82, 2.24) is 4.90 Å². The van der Waals surface area contributed by atoms with Crippen molar-refractivity contribution in [2.24, 2.45) is 11.7 Å². The summed E-state index contributed by atoms with van der Waals surface area (Å²) in [6.45, 7) is 5.14. The maximum atomic E-state index is 6.46. The third-order valence-corrected chi connectivity index (χ3v) is 4.92. The molecule has 2 N–H and O–H groups in total. The Morgan fingerprint density at radius 1 is 1.42 bits per heavy atom. The first kappa shape index (κ1) is 15.3. The lowest BCUT2D eigenvalue weighted by Crippen LogP contribution is -2.35.